The second kappa shape index (κ2) is 17.0. The molecule has 10 nitrogen and oxygen atoms in total. The smallest absolute Gasteiger partial charge is 0.258 e. The number of carbonyl (C=O) groups excluding carboxylic acids is 2. The molecule has 12 heteroatoms. The first-order valence-corrected chi connectivity index (χ1v) is 18.7. The van der Waals surface area contributed by atoms with Crippen molar-refractivity contribution >= 4 is 45.7 Å². The third kappa shape index (κ3) is 9.16. The van der Waals surface area contributed by atoms with Crippen LogP contribution in [0.2, 0.25) is 0 Å². The first-order chi connectivity index (χ1) is 23.1. The highest BCUT2D eigenvalue weighted by molar-refractivity contribution is 7.91. The lowest BCUT2D eigenvalue weighted by molar-refractivity contribution is -0.130. The van der Waals surface area contributed by atoms with Crippen LogP contribution in [0.25, 0.3) is 0 Å². The number of anilines is 2. The number of hydrogen-bond donors (Lipinski definition) is 4. The predicted octanol–water partition coefficient (Wildman–Crippen LogP) is 5.98. The van der Waals surface area contributed by atoms with Crippen molar-refractivity contribution in [3.05, 3.63) is 72.3 Å². The van der Waals surface area contributed by atoms with E-state index in [1.165, 1.54) is 25.3 Å². The van der Waals surface area contributed by atoms with Gasteiger partial charge in [-0.25, -0.2) is 8.42 Å². The van der Waals surface area contributed by atoms with E-state index in [2.05, 4.69) is 42.0 Å². The van der Waals surface area contributed by atoms with Crippen molar-refractivity contribution in [2.75, 3.05) is 43.2 Å². The van der Waals surface area contributed by atoms with Gasteiger partial charge in [0, 0.05) is 42.1 Å². The third-order valence-corrected chi connectivity index (χ3v) is 10.8. The number of phenolic OH excluding ortho intramolecular Hbond substituents is 1. The summed E-state index contributed by atoms with van der Waals surface area (Å²) in [5, 5.41) is 15.1. The SMILES string of the molecule is CCCCC1(CCCC)CN(c2ccccc2)c2cc(OC)c(OCC(=O)N[C@@H](C(=O)NCCS)c3ccc(O)cc3)cc2S(=O)(=O)C1. The molecule has 0 aromatic heterocycles. The summed E-state index contributed by atoms with van der Waals surface area (Å²) in [4.78, 5) is 28.3. The second-order valence-electron chi connectivity index (χ2n) is 12.3. The summed E-state index contributed by atoms with van der Waals surface area (Å²) in [5.41, 5.74) is 1.37. The molecule has 0 aliphatic carbocycles. The maximum absolute atomic E-state index is 14.3. The maximum Gasteiger partial charge on any atom is 0.258 e. The van der Waals surface area contributed by atoms with E-state index >= 15 is 0 Å². The Balaban J connectivity index is 1.69. The highest BCUT2D eigenvalue weighted by Gasteiger charge is 2.42. The van der Waals surface area contributed by atoms with Gasteiger partial charge in [-0.3, -0.25) is 9.59 Å². The molecule has 0 spiro atoms. The number of phenols is 1. The molecule has 1 aliphatic heterocycles. The normalized spacial score (nSPS) is 15.5. The molecule has 0 saturated heterocycles. The van der Waals surface area contributed by atoms with Gasteiger partial charge in [-0.1, -0.05) is 69.9 Å². The zero-order valence-electron chi connectivity index (χ0n) is 27.9. The van der Waals surface area contributed by atoms with Gasteiger partial charge in [-0.15, -0.1) is 0 Å². The average molecular weight is 698 g/mol. The summed E-state index contributed by atoms with van der Waals surface area (Å²) in [6.45, 7) is 4.55. The summed E-state index contributed by atoms with van der Waals surface area (Å²) in [7, 11) is -2.35. The Labute approximate surface area is 289 Å². The van der Waals surface area contributed by atoms with Crippen LogP contribution in [0, 0.1) is 5.41 Å². The fraction of sp³-hybridized carbons (Fsp3) is 0.444. The fourth-order valence-corrected chi connectivity index (χ4v) is 8.40. The van der Waals surface area contributed by atoms with Gasteiger partial charge in [0.2, 0.25) is 5.91 Å². The number of amides is 2. The number of para-hydroxylation sites is 1. The number of sulfone groups is 1. The Bertz CT molecular complexity index is 1630. The van der Waals surface area contributed by atoms with E-state index in [-0.39, 0.29) is 27.9 Å². The van der Waals surface area contributed by atoms with Gasteiger partial charge in [0.1, 0.15) is 11.8 Å². The van der Waals surface area contributed by atoms with Crippen molar-refractivity contribution in [3.8, 4) is 17.2 Å². The molecule has 3 aromatic carbocycles. The number of unbranched alkanes of at least 4 members (excludes halogenated alkanes) is 2. The number of fused-ring (bicyclic) bond motifs is 1. The molecule has 0 bridgehead atoms. The monoisotopic (exact) mass is 697 g/mol. The van der Waals surface area contributed by atoms with Crippen molar-refractivity contribution < 1.29 is 32.6 Å². The van der Waals surface area contributed by atoms with Crippen molar-refractivity contribution in [1.29, 1.82) is 0 Å². The summed E-state index contributed by atoms with van der Waals surface area (Å²) < 4.78 is 40.3. The molecule has 1 atom stereocenters. The zero-order chi connectivity index (χ0) is 34.7. The molecule has 260 valence electrons. The van der Waals surface area contributed by atoms with Crippen LogP contribution in [0.5, 0.6) is 17.2 Å². The van der Waals surface area contributed by atoms with Crippen LogP contribution in [0.4, 0.5) is 11.4 Å². The van der Waals surface area contributed by atoms with E-state index < -0.39 is 39.7 Å². The second-order valence-corrected chi connectivity index (χ2v) is 14.7. The van der Waals surface area contributed by atoms with Gasteiger partial charge in [-0.05, 0) is 42.7 Å². The Kier molecular flexibility index (Phi) is 13.1. The van der Waals surface area contributed by atoms with Crippen LogP contribution in [-0.2, 0) is 19.4 Å². The highest BCUT2D eigenvalue weighted by Crippen LogP contribution is 2.48. The molecule has 0 unspecified atom stereocenters. The molecular weight excluding hydrogens is 651 g/mol. The van der Waals surface area contributed by atoms with Crippen molar-refractivity contribution in [1.82, 2.24) is 10.6 Å². The Morgan fingerprint density at radius 1 is 1.00 bits per heavy atom. The van der Waals surface area contributed by atoms with Crippen LogP contribution in [0.1, 0.15) is 64.0 Å². The molecule has 4 rings (SSSR count). The zero-order valence-corrected chi connectivity index (χ0v) is 29.6. The first-order valence-electron chi connectivity index (χ1n) is 16.4. The molecule has 48 heavy (non-hydrogen) atoms. The molecule has 0 fully saturated rings. The lowest BCUT2D eigenvalue weighted by Crippen LogP contribution is -2.42. The van der Waals surface area contributed by atoms with Crippen molar-refractivity contribution in [2.45, 2.75) is 63.3 Å². The molecular formula is C36H47N3O7S2. The summed E-state index contributed by atoms with van der Waals surface area (Å²) >= 11 is 4.13. The minimum Gasteiger partial charge on any atom is -0.508 e. The summed E-state index contributed by atoms with van der Waals surface area (Å²) in [5.74, 6) is -0.269. The number of thiol groups is 1. The topological polar surface area (TPSA) is 134 Å². The van der Waals surface area contributed by atoms with Crippen molar-refractivity contribution in [2.24, 2.45) is 5.41 Å². The van der Waals surface area contributed by atoms with E-state index in [9.17, 15) is 23.1 Å². The Morgan fingerprint density at radius 3 is 2.27 bits per heavy atom. The van der Waals surface area contributed by atoms with Crippen LogP contribution < -0.4 is 25.0 Å². The van der Waals surface area contributed by atoms with E-state index in [1.807, 2.05) is 30.3 Å². The third-order valence-electron chi connectivity index (χ3n) is 8.61. The van der Waals surface area contributed by atoms with E-state index in [0.717, 1.165) is 44.2 Å². The molecule has 2 amide bonds. The number of benzene rings is 3. The minimum atomic E-state index is -3.81. The van der Waals surface area contributed by atoms with Crippen LogP contribution in [0.15, 0.2) is 71.6 Å². The lowest BCUT2D eigenvalue weighted by atomic mass is 9.79. The number of nitrogens with zero attached hydrogens (tertiary/aromatic N) is 1. The minimum absolute atomic E-state index is 0.00169. The van der Waals surface area contributed by atoms with Gasteiger partial charge >= 0.3 is 0 Å². The van der Waals surface area contributed by atoms with Gasteiger partial charge in [0.05, 0.1) is 23.4 Å². The molecule has 1 heterocycles. The number of nitrogens with one attached hydrogen (secondary N) is 2. The number of hydrogen-bond acceptors (Lipinski definition) is 9. The molecule has 3 aromatic rings. The van der Waals surface area contributed by atoms with Gasteiger partial charge in [-0.2, -0.15) is 12.6 Å². The molecule has 0 saturated carbocycles. The van der Waals surface area contributed by atoms with E-state index in [1.54, 1.807) is 18.2 Å². The number of carbonyl (C=O) groups is 2. The largest absolute Gasteiger partial charge is 0.508 e. The number of methoxy groups -OCH3 is 1. The molecule has 1 aliphatic rings. The first kappa shape index (κ1) is 36.9. The van der Waals surface area contributed by atoms with Crippen LogP contribution in [-0.4, -0.2) is 63.7 Å². The lowest BCUT2D eigenvalue weighted by Gasteiger charge is -2.37. The van der Waals surface area contributed by atoms with Gasteiger partial charge in [0.25, 0.3) is 5.91 Å². The van der Waals surface area contributed by atoms with E-state index in [0.29, 0.717) is 30.1 Å². The van der Waals surface area contributed by atoms with Gasteiger partial charge in [0.15, 0.2) is 27.9 Å². The van der Waals surface area contributed by atoms with Crippen LogP contribution >= 0.6 is 12.6 Å². The fourth-order valence-electron chi connectivity index (χ4n) is 6.17. The van der Waals surface area contributed by atoms with Crippen molar-refractivity contribution in [3.63, 3.8) is 0 Å². The number of aromatic hydroxyl groups is 1. The Hall–Kier alpha value is -3.90. The average Bonchev–Trinajstić information content (AvgIpc) is 3.18. The van der Waals surface area contributed by atoms with Crippen LogP contribution in [0.3, 0.4) is 0 Å². The van der Waals surface area contributed by atoms with E-state index in [4.69, 9.17) is 9.47 Å². The standard InChI is InChI=1S/C36H47N3O7S2/c1-4-6-17-36(18-7-5-2)24-39(27-11-9-8-10-12-27)29-21-30(45-3)31(22-32(29)48(43,44)25-36)46-23-33(41)38-34(35(42)37-19-20-47)26-13-15-28(40)16-14-26/h8-16,21-22,34,40,47H,4-7,17-20,23-25H2,1-3H3,(H,37,42)(H,38,41)/t34-/m1/s1. The highest BCUT2D eigenvalue weighted by atomic mass is 32.2. The summed E-state index contributed by atoms with van der Waals surface area (Å²) in [6.07, 6.45) is 5.33. The summed E-state index contributed by atoms with van der Waals surface area (Å²) in [6, 6.07) is 17.8. The maximum atomic E-state index is 14.3. The van der Waals surface area contributed by atoms with Gasteiger partial charge < -0.3 is 30.1 Å². The molecule has 0 radical (unpaired) electrons. The molecule has 3 N–H and O–H groups in total. The number of rotatable bonds is 16. The predicted molar refractivity (Wildman–Crippen MR) is 191 cm³/mol. The quantitative estimate of drug-likeness (QED) is 0.135. The number of ether oxygens (including phenoxy) is 2. The Morgan fingerprint density at radius 2 is 1.67 bits per heavy atom.